The van der Waals surface area contributed by atoms with Gasteiger partial charge in [-0.25, -0.2) is 4.68 Å². The van der Waals surface area contributed by atoms with Gasteiger partial charge in [-0.2, -0.15) is 5.10 Å². The van der Waals surface area contributed by atoms with Gasteiger partial charge in [0.1, 0.15) is 5.69 Å². The van der Waals surface area contributed by atoms with Crippen molar-refractivity contribution in [3.8, 4) is 0 Å². The van der Waals surface area contributed by atoms with Crippen molar-refractivity contribution >= 4 is 11.8 Å². The number of benzene rings is 1. The summed E-state index contributed by atoms with van der Waals surface area (Å²) < 4.78 is 3.53. The Morgan fingerprint density at radius 3 is 2.77 bits per heavy atom. The highest BCUT2D eigenvalue weighted by Gasteiger charge is 2.27. The quantitative estimate of drug-likeness (QED) is 0.638. The second-order valence-electron chi connectivity index (χ2n) is 7.23. The third-order valence-electron chi connectivity index (χ3n) is 5.28. The lowest BCUT2D eigenvalue weighted by atomic mass is 10.1. The lowest BCUT2D eigenvalue weighted by Crippen LogP contribution is -2.39. The van der Waals surface area contributed by atoms with E-state index in [-0.39, 0.29) is 11.8 Å². The minimum Gasteiger partial charge on any atom is -0.352 e. The number of amides is 2. The van der Waals surface area contributed by atoms with Gasteiger partial charge in [0.15, 0.2) is 0 Å². The van der Waals surface area contributed by atoms with Crippen LogP contribution in [0.15, 0.2) is 42.6 Å². The zero-order valence-corrected chi connectivity index (χ0v) is 17.0. The van der Waals surface area contributed by atoms with Crippen LogP contribution in [0, 0.1) is 0 Å². The van der Waals surface area contributed by atoms with Gasteiger partial charge in [0.25, 0.3) is 5.91 Å². The van der Waals surface area contributed by atoms with Gasteiger partial charge >= 0.3 is 0 Å². The first-order chi connectivity index (χ1) is 14.7. The van der Waals surface area contributed by atoms with Gasteiger partial charge in [-0.05, 0) is 18.6 Å². The van der Waals surface area contributed by atoms with Crippen LogP contribution in [0.5, 0.6) is 0 Å². The molecule has 1 N–H and O–H groups in total. The molecule has 0 radical (unpaired) electrons. The van der Waals surface area contributed by atoms with E-state index < -0.39 is 0 Å². The van der Waals surface area contributed by atoms with Crippen molar-refractivity contribution < 1.29 is 9.59 Å². The number of rotatable bonds is 7. The summed E-state index contributed by atoms with van der Waals surface area (Å²) in [6, 6.07) is 11.5. The lowest BCUT2D eigenvalue weighted by molar-refractivity contribution is -0.121. The first-order valence-corrected chi connectivity index (χ1v) is 10.2. The van der Waals surface area contributed by atoms with E-state index in [4.69, 9.17) is 0 Å². The molecule has 0 fully saturated rings. The molecule has 3 aromatic rings. The van der Waals surface area contributed by atoms with Gasteiger partial charge in [-0.3, -0.25) is 14.3 Å². The Morgan fingerprint density at radius 2 is 1.97 bits per heavy atom. The minimum absolute atomic E-state index is 0.0313. The Balaban J connectivity index is 1.36. The van der Waals surface area contributed by atoms with Gasteiger partial charge in [0.2, 0.25) is 5.91 Å². The highest BCUT2D eigenvalue weighted by atomic mass is 16.2. The number of aryl methyl sites for hydroxylation is 2. The van der Waals surface area contributed by atoms with Gasteiger partial charge in [-0.15, -0.1) is 5.10 Å². The Hall–Kier alpha value is -3.49. The van der Waals surface area contributed by atoms with Crippen LogP contribution in [-0.4, -0.2) is 48.0 Å². The first-order valence-electron chi connectivity index (χ1n) is 10.2. The molecule has 9 heteroatoms. The number of hydrogen-bond acceptors (Lipinski definition) is 5. The fraction of sp³-hybridized carbons (Fsp3) is 0.381. The molecular formula is C21H25N7O2. The van der Waals surface area contributed by atoms with Crippen LogP contribution in [0.2, 0.25) is 0 Å². The van der Waals surface area contributed by atoms with E-state index in [9.17, 15) is 9.59 Å². The third kappa shape index (κ3) is 4.24. The van der Waals surface area contributed by atoms with Crippen molar-refractivity contribution in [2.45, 2.75) is 45.9 Å². The number of carbonyl (C=O) groups excluding carboxylic acids is 2. The lowest BCUT2D eigenvalue weighted by Gasteiger charge is -2.27. The van der Waals surface area contributed by atoms with Crippen molar-refractivity contribution in [1.82, 2.24) is 35.0 Å². The molecule has 2 amide bonds. The monoisotopic (exact) mass is 407 g/mol. The van der Waals surface area contributed by atoms with Crippen molar-refractivity contribution in [2.75, 3.05) is 6.54 Å². The second-order valence-corrected chi connectivity index (χ2v) is 7.23. The summed E-state index contributed by atoms with van der Waals surface area (Å²) >= 11 is 0. The van der Waals surface area contributed by atoms with Gasteiger partial charge in [0, 0.05) is 38.7 Å². The molecule has 4 rings (SSSR count). The molecule has 156 valence electrons. The smallest absolute Gasteiger partial charge is 0.272 e. The first kappa shape index (κ1) is 19.8. The third-order valence-corrected chi connectivity index (χ3v) is 5.28. The van der Waals surface area contributed by atoms with Crippen LogP contribution in [0.4, 0.5) is 0 Å². The molecule has 0 saturated carbocycles. The van der Waals surface area contributed by atoms with Crippen LogP contribution >= 0.6 is 0 Å². The molecule has 3 heterocycles. The Labute approximate surface area is 174 Å². The number of fused-ring (bicyclic) bond motifs is 1. The molecule has 0 aliphatic carbocycles. The average molecular weight is 407 g/mol. The number of aromatic nitrogens is 5. The highest BCUT2D eigenvalue weighted by Crippen LogP contribution is 2.18. The van der Waals surface area contributed by atoms with E-state index in [1.54, 1.807) is 21.8 Å². The molecule has 1 aliphatic rings. The molecule has 1 aliphatic heterocycles. The molecule has 9 nitrogen and oxygen atoms in total. The summed E-state index contributed by atoms with van der Waals surface area (Å²) in [4.78, 5) is 27.0. The van der Waals surface area contributed by atoms with E-state index in [0.717, 1.165) is 17.0 Å². The van der Waals surface area contributed by atoms with Crippen molar-refractivity contribution in [2.24, 2.45) is 0 Å². The predicted molar refractivity (Wildman–Crippen MR) is 109 cm³/mol. The molecule has 0 atom stereocenters. The molecule has 2 aromatic heterocycles. The zero-order valence-electron chi connectivity index (χ0n) is 17.0. The molecule has 0 bridgehead atoms. The average Bonchev–Trinajstić information content (AvgIpc) is 3.42. The van der Waals surface area contributed by atoms with Crippen LogP contribution in [0.25, 0.3) is 0 Å². The topological polar surface area (TPSA) is 97.9 Å². The van der Waals surface area contributed by atoms with Gasteiger partial charge in [-0.1, -0.05) is 35.5 Å². The van der Waals surface area contributed by atoms with E-state index in [1.807, 2.05) is 41.9 Å². The van der Waals surface area contributed by atoms with Gasteiger partial charge in [0.05, 0.1) is 24.5 Å². The Morgan fingerprint density at radius 1 is 1.13 bits per heavy atom. The summed E-state index contributed by atoms with van der Waals surface area (Å²) in [5.41, 5.74) is 3.31. The van der Waals surface area contributed by atoms with Crippen molar-refractivity contribution in [1.29, 1.82) is 0 Å². The van der Waals surface area contributed by atoms with Gasteiger partial charge < -0.3 is 10.2 Å². The normalized spacial score (nSPS) is 13.2. The zero-order chi connectivity index (χ0) is 20.9. The number of nitrogens with zero attached hydrogens (tertiary/aromatic N) is 6. The van der Waals surface area contributed by atoms with E-state index in [1.165, 1.54) is 0 Å². The Bertz CT molecular complexity index is 1030. The molecule has 1 aromatic carbocycles. The molecule has 0 unspecified atom stereocenters. The predicted octanol–water partition coefficient (Wildman–Crippen LogP) is 1.40. The molecule has 30 heavy (non-hydrogen) atoms. The SMILES string of the molecule is CCn1nccc1C(=O)N1CCn2nnc(CCC(=O)NCc3ccccc3)c2C1. The summed E-state index contributed by atoms with van der Waals surface area (Å²) in [5.74, 6) is -0.0791. The molecular weight excluding hydrogens is 382 g/mol. The summed E-state index contributed by atoms with van der Waals surface area (Å²) in [5, 5.41) is 15.6. The largest absolute Gasteiger partial charge is 0.352 e. The maximum Gasteiger partial charge on any atom is 0.272 e. The van der Waals surface area contributed by atoms with Crippen LogP contribution in [0.1, 0.15) is 40.8 Å². The molecule has 0 spiro atoms. The standard InChI is InChI=1S/C21H25N7O2/c1-2-27-18(10-11-23-27)21(30)26-12-13-28-19(15-26)17(24-25-28)8-9-20(29)22-14-16-6-4-3-5-7-16/h3-7,10-11H,2,8-9,12-15H2,1H3,(H,22,29). The van der Waals surface area contributed by atoms with Crippen LogP contribution in [-0.2, 0) is 37.4 Å². The fourth-order valence-corrected chi connectivity index (χ4v) is 3.61. The van der Waals surface area contributed by atoms with E-state index in [0.29, 0.717) is 51.3 Å². The number of carbonyl (C=O) groups is 2. The fourth-order valence-electron chi connectivity index (χ4n) is 3.61. The minimum atomic E-state index is -0.0478. The van der Waals surface area contributed by atoms with Crippen LogP contribution < -0.4 is 5.32 Å². The summed E-state index contributed by atoms with van der Waals surface area (Å²) in [6.45, 7) is 4.70. The summed E-state index contributed by atoms with van der Waals surface area (Å²) in [7, 11) is 0. The van der Waals surface area contributed by atoms with E-state index >= 15 is 0 Å². The Kier molecular flexibility index (Phi) is 5.87. The number of hydrogen-bond donors (Lipinski definition) is 1. The second kappa shape index (κ2) is 8.89. The van der Waals surface area contributed by atoms with Crippen LogP contribution in [0.3, 0.4) is 0 Å². The maximum absolute atomic E-state index is 12.9. The maximum atomic E-state index is 12.9. The van der Waals surface area contributed by atoms with Crippen molar-refractivity contribution in [3.63, 3.8) is 0 Å². The summed E-state index contributed by atoms with van der Waals surface area (Å²) in [6.07, 6.45) is 2.46. The number of nitrogens with one attached hydrogen (secondary N) is 1. The van der Waals surface area contributed by atoms with E-state index in [2.05, 4.69) is 20.7 Å². The molecule has 0 saturated heterocycles. The van der Waals surface area contributed by atoms with Crippen molar-refractivity contribution in [3.05, 3.63) is 65.2 Å². The highest BCUT2D eigenvalue weighted by molar-refractivity contribution is 5.92.